The number of amides is 1. The Hall–Kier alpha value is -1.43. The summed E-state index contributed by atoms with van der Waals surface area (Å²) in [6.45, 7) is 3.69. The van der Waals surface area contributed by atoms with Gasteiger partial charge in [-0.1, -0.05) is 0 Å². The van der Waals surface area contributed by atoms with Gasteiger partial charge < -0.3 is 10.5 Å². The van der Waals surface area contributed by atoms with Gasteiger partial charge in [-0.05, 0) is 26.3 Å². The van der Waals surface area contributed by atoms with Crippen molar-refractivity contribution in [1.82, 2.24) is 4.90 Å². The van der Waals surface area contributed by atoms with Crippen molar-refractivity contribution in [3.8, 4) is 0 Å². The third kappa shape index (κ3) is 5.83. The van der Waals surface area contributed by atoms with Gasteiger partial charge in [-0.25, -0.2) is 0 Å². The van der Waals surface area contributed by atoms with Crippen LogP contribution in [-0.2, 0) is 19.1 Å². The van der Waals surface area contributed by atoms with Crippen molar-refractivity contribution in [2.45, 2.75) is 32.6 Å². The van der Waals surface area contributed by atoms with E-state index in [1.54, 1.807) is 6.92 Å². The molecule has 1 aliphatic rings. The number of nitrogens with two attached hydrogens (primary N) is 1. The van der Waals surface area contributed by atoms with Crippen LogP contribution in [0.4, 0.5) is 0 Å². The Morgan fingerprint density at radius 3 is 2.68 bits per heavy atom. The van der Waals surface area contributed by atoms with Crippen LogP contribution in [0, 0.1) is 5.92 Å². The first-order valence-electron chi connectivity index (χ1n) is 6.72. The second-order valence-corrected chi connectivity index (χ2v) is 4.82. The molecule has 0 saturated carbocycles. The molecule has 1 fully saturated rings. The third-order valence-electron chi connectivity index (χ3n) is 3.22. The van der Waals surface area contributed by atoms with Crippen LogP contribution in [0.15, 0.2) is 0 Å². The van der Waals surface area contributed by atoms with E-state index in [0.29, 0.717) is 13.2 Å². The smallest absolute Gasteiger partial charge is 0.306 e. The molecule has 0 aliphatic carbocycles. The molecule has 6 heteroatoms. The first kappa shape index (κ1) is 15.6. The fourth-order valence-corrected chi connectivity index (χ4v) is 2.23. The molecule has 0 aromatic heterocycles. The Morgan fingerprint density at radius 2 is 2.05 bits per heavy atom. The zero-order chi connectivity index (χ0) is 14.3. The lowest BCUT2D eigenvalue weighted by molar-refractivity contribution is -0.144. The molecule has 0 aromatic rings. The number of hydrogen-bond acceptors (Lipinski definition) is 5. The largest absolute Gasteiger partial charge is 0.466 e. The van der Waals surface area contributed by atoms with Gasteiger partial charge in [0.1, 0.15) is 5.78 Å². The van der Waals surface area contributed by atoms with Gasteiger partial charge in [-0.3, -0.25) is 19.3 Å². The zero-order valence-electron chi connectivity index (χ0n) is 11.4. The molecule has 1 unspecified atom stereocenters. The monoisotopic (exact) mass is 270 g/mol. The van der Waals surface area contributed by atoms with Gasteiger partial charge in [0.05, 0.1) is 25.5 Å². The Labute approximate surface area is 113 Å². The highest BCUT2D eigenvalue weighted by molar-refractivity contribution is 5.84. The average molecular weight is 270 g/mol. The summed E-state index contributed by atoms with van der Waals surface area (Å²) in [5.41, 5.74) is 5.28. The van der Waals surface area contributed by atoms with Crippen LogP contribution >= 0.6 is 0 Å². The Bertz CT molecular complexity index is 344. The highest BCUT2D eigenvalue weighted by atomic mass is 16.5. The normalized spacial score (nSPS) is 19.9. The minimum Gasteiger partial charge on any atom is -0.466 e. The maximum Gasteiger partial charge on any atom is 0.306 e. The van der Waals surface area contributed by atoms with Crippen molar-refractivity contribution in [3.63, 3.8) is 0 Å². The van der Waals surface area contributed by atoms with Gasteiger partial charge >= 0.3 is 5.97 Å². The van der Waals surface area contributed by atoms with Gasteiger partial charge in [0, 0.05) is 13.0 Å². The van der Waals surface area contributed by atoms with Crippen LogP contribution in [0.1, 0.15) is 32.6 Å². The number of primary amides is 1. The molecule has 1 rings (SSSR count). The Kier molecular flexibility index (Phi) is 6.49. The summed E-state index contributed by atoms with van der Waals surface area (Å²) in [4.78, 5) is 35.9. The predicted molar refractivity (Wildman–Crippen MR) is 69.2 cm³/mol. The number of Topliss-reactive ketones (excluding diaryl/α,β-unsaturated/α-hetero) is 1. The van der Waals surface area contributed by atoms with E-state index in [-0.39, 0.29) is 43.0 Å². The lowest BCUT2D eigenvalue weighted by Crippen LogP contribution is -2.43. The van der Waals surface area contributed by atoms with Crippen molar-refractivity contribution in [2.75, 3.05) is 26.2 Å². The highest BCUT2D eigenvalue weighted by Gasteiger charge is 2.25. The number of ether oxygens (including phenoxy) is 1. The molecule has 0 bridgehead atoms. The van der Waals surface area contributed by atoms with Gasteiger partial charge in [0.2, 0.25) is 5.91 Å². The van der Waals surface area contributed by atoms with Crippen LogP contribution in [0.5, 0.6) is 0 Å². The van der Waals surface area contributed by atoms with Crippen molar-refractivity contribution in [3.05, 3.63) is 0 Å². The summed E-state index contributed by atoms with van der Waals surface area (Å²) in [5, 5.41) is 0. The summed E-state index contributed by atoms with van der Waals surface area (Å²) < 4.78 is 4.76. The first-order chi connectivity index (χ1) is 9.02. The molecular weight excluding hydrogens is 248 g/mol. The zero-order valence-corrected chi connectivity index (χ0v) is 11.4. The van der Waals surface area contributed by atoms with Crippen LogP contribution in [0.25, 0.3) is 0 Å². The second-order valence-electron chi connectivity index (χ2n) is 4.82. The molecule has 1 saturated heterocycles. The molecule has 19 heavy (non-hydrogen) atoms. The topological polar surface area (TPSA) is 89.7 Å². The van der Waals surface area contributed by atoms with E-state index in [1.165, 1.54) is 0 Å². The average Bonchev–Trinajstić information content (AvgIpc) is 2.37. The number of nitrogens with zero attached hydrogens (tertiary/aromatic N) is 1. The summed E-state index contributed by atoms with van der Waals surface area (Å²) >= 11 is 0. The number of esters is 1. The molecule has 1 atom stereocenters. The number of carbonyl (C=O) groups is 3. The first-order valence-corrected chi connectivity index (χ1v) is 6.72. The maximum absolute atomic E-state index is 11.7. The number of carbonyl (C=O) groups excluding carboxylic acids is 3. The van der Waals surface area contributed by atoms with E-state index in [4.69, 9.17) is 10.5 Å². The van der Waals surface area contributed by atoms with Crippen LogP contribution in [-0.4, -0.2) is 48.8 Å². The maximum atomic E-state index is 11.7. The van der Waals surface area contributed by atoms with Crippen molar-refractivity contribution >= 4 is 17.7 Å². The fraction of sp³-hybridized carbons (Fsp3) is 0.769. The standard InChI is InChI=1S/C13H22N2O4/c1-2-19-12(17)6-5-11(16)9-15-7-3-4-10(8-15)13(14)18/h10H,2-9H2,1H3,(H2,14,18). The van der Waals surface area contributed by atoms with E-state index < -0.39 is 0 Å². The van der Waals surface area contributed by atoms with Crippen LogP contribution in [0.2, 0.25) is 0 Å². The SMILES string of the molecule is CCOC(=O)CCC(=O)CN1CCCC(C(N)=O)C1. The fourth-order valence-electron chi connectivity index (χ4n) is 2.23. The van der Waals surface area contributed by atoms with E-state index in [0.717, 1.165) is 19.4 Å². The number of ketones is 1. The summed E-state index contributed by atoms with van der Waals surface area (Å²) in [6, 6.07) is 0. The number of hydrogen-bond donors (Lipinski definition) is 1. The minimum absolute atomic E-state index is 0.00169. The second kappa shape index (κ2) is 7.89. The number of likely N-dealkylation sites (tertiary alicyclic amines) is 1. The molecule has 0 radical (unpaired) electrons. The molecule has 108 valence electrons. The third-order valence-corrected chi connectivity index (χ3v) is 3.22. The molecule has 6 nitrogen and oxygen atoms in total. The molecular formula is C13H22N2O4. The van der Waals surface area contributed by atoms with E-state index in [2.05, 4.69) is 0 Å². The molecule has 0 spiro atoms. The summed E-state index contributed by atoms with van der Waals surface area (Å²) in [5.74, 6) is -0.807. The van der Waals surface area contributed by atoms with Crippen LogP contribution < -0.4 is 5.73 Å². The quantitative estimate of drug-likeness (QED) is 0.662. The van der Waals surface area contributed by atoms with Gasteiger partial charge in [0.15, 0.2) is 0 Å². The summed E-state index contributed by atoms with van der Waals surface area (Å²) in [6.07, 6.45) is 1.98. The molecule has 1 aliphatic heterocycles. The lowest BCUT2D eigenvalue weighted by atomic mass is 9.97. The van der Waals surface area contributed by atoms with Gasteiger partial charge in [0.25, 0.3) is 0 Å². The van der Waals surface area contributed by atoms with E-state index >= 15 is 0 Å². The molecule has 2 N–H and O–H groups in total. The van der Waals surface area contributed by atoms with Gasteiger partial charge in [-0.15, -0.1) is 0 Å². The number of rotatable bonds is 7. The van der Waals surface area contributed by atoms with Gasteiger partial charge in [-0.2, -0.15) is 0 Å². The van der Waals surface area contributed by atoms with Crippen molar-refractivity contribution in [1.29, 1.82) is 0 Å². The Morgan fingerprint density at radius 1 is 1.32 bits per heavy atom. The van der Waals surface area contributed by atoms with Crippen molar-refractivity contribution < 1.29 is 19.1 Å². The van der Waals surface area contributed by atoms with Crippen LogP contribution in [0.3, 0.4) is 0 Å². The van der Waals surface area contributed by atoms with Crippen molar-refractivity contribution in [2.24, 2.45) is 11.7 Å². The molecule has 1 amide bonds. The number of piperidine rings is 1. The minimum atomic E-state index is -0.343. The molecule has 1 heterocycles. The van der Waals surface area contributed by atoms with E-state index in [1.807, 2.05) is 4.90 Å². The summed E-state index contributed by atoms with van der Waals surface area (Å²) in [7, 11) is 0. The molecule has 0 aromatic carbocycles. The van der Waals surface area contributed by atoms with E-state index in [9.17, 15) is 14.4 Å². The predicted octanol–water partition coefficient (Wildman–Crippen LogP) is 0.0961. The lowest BCUT2D eigenvalue weighted by Gasteiger charge is -2.30. The highest BCUT2D eigenvalue weighted by Crippen LogP contribution is 2.15. The Balaban J connectivity index is 2.28.